The van der Waals surface area contributed by atoms with Gasteiger partial charge in [-0.15, -0.1) is 10.2 Å². The zero-order valence-corrected chi connectivity index (χ0v) is 22.8. The monoisotopic (exact) mass is 545 g/mol. The Morgan fingerprint density at radius 1 is 0.972 bits per heavy atom. The van der Waals surface area contributed by atoms with Gasteiger partial charge >= 0.3 is 0 Å². The summed E-state index contributed by atoms with van der Waals surface area (Å²) in [5.74, 6) is 1.84. The number of unbranched alkanes of at least 4 members (excludes halogenated alkanes) is 1. The highest BCUT2D eigenvalue weighted by molar-refractivity contribution is 7.99. The molecule has 0 atom stereocenters. The molecule has 1 saturated heterocycles. The fourth-order valence-corrected chi connectivity index (χ4v) is 5.61. The van der Waals surface area contributed by atoms with Gasteiger partial charge in [0.25, 0.3) is 0 Å². The van der Waals surface area contributed by atoms with Gasteiger partial charge in [-0.3, -0.25) is 9.36 Å². The summed E-state index contributed by atoms with van der Waals surface area (Å²) in [4.78, 5) is 14.6. The minimum atomic E-state index is 0.140. The maximum Gasteiger partial charge on any atom is 0.220 e. The van der Waals surface area contributed by atoms with Gasteiger partial charge in [-0.05, 0) is 62.5 Å². The number of halogens is 2. The molecule has 3 aromatic rings. The highest BCUT2D eigenvalue weighted by Crippen LogP contribution is 2.29. The summed E-state index contributed by atoms with van der Waals surface area (Å²) < 4.78 is 2.05. The van der Waals surface area contributed by atoms with E-state index in [1.165, 1.54) is 19.3 Å². The summed E-state index contributed by atoms with van der Waals surface area (Å²) in [6.07, 6.45) is 6.87. The van der Waals surface area contributed by atoms with Crippen LogP contribution in [0.1, 0.15) is 49.9 Å². The van der Waals surface area contributed by atoms with Crippen LogP contribution < -0.4 is 5.32 Å². The van der Waals surface area contributed by atoms with E-state index in [0.29, 0.717) is 22.9 Å². The minimum absolute atomic E-state index is 0.140. The summed E-state index contributed by atoms with van der Waals surface area (Å²) >= 11 is 14.1. The number of amides is 1. The Kier molecular flexibility index (Phi) is 10.5. The van der Waals surface area contributed by atoms with Gasteiger partial charge in [-0.2, -0.15) is 0 Å². The SMILES string of the molecule is O=C(CCCCSc1nnc(Cc2ccccc2)n1-c1ccc(Cl)c(Cl)c1)NCCN1CCCCC1. The Hall–Kier alpha value is -2.06. The molecule has 0 saturated carbocycles. The average molecular weight is 547 g/mol. The molecule has 1 fully saturated rings. The van der Waals surface area contributed by atoms with Crippen LogP contribution in [-0.2, 0) is 11.2 Å². The molecule has 4 rings (SSSR count). The summed E-state index contributed by atoms with van der Waals surface area (Å²) in [7, 11) is 0. The molecular formula is C27H33Cl2N5OS. The van der Waals surface area contributed by atoms with E-state index in [-0.39, 0.29) is 5.91 Å². The Labute approximate surface area is 227 Å². The molecule has 36 heavy (non-hydrogen) atoms. The predicted molar refractivity (Wildman–Crippen MR) is 149 cm³/mol. The number of benzene rings is 2. The van der Waals surface area contributed by atoms with Gasteiger partial charge in [0, 0.05) is 31.7 Å². The first-order valence-corrected chi connectivity index (χ1v) is 14.4. The van der Waals surface area contributed by atoms with E-state index >= 15 is 0 Å². The zero-order chi connectivity index (χ0) is 25.2. The summed E-state index contributed by atoms with van der Waals surface area (Å²) in [5.41, 5.74) is 2.05. The second-order valence-electron chi connectivity index (χ2n) is 9.05. The van der Waals surface area contributed by atoms with E-state index in [2.05, 4.69) is 32.5 Å². The smallest absolute Gasteiger partial charge is 0.220 e. The molecule has 2 aromatic carbocycles. The van der Waals surface area contributed by atoms with E-state index < -0.39 is 0 Å². The standard InChI is InChI=1S/C27H33Cl2N5OS/c28-23-13-12-22(20-24(23)29)34-25(19-21-9-3-1-4-10-21)31-32-27(34)36-18-8-5-11-26(35)30-14-17-33-15-6-2-7-16-33/h1,3-4,9-10,12-13,20H,2,5-8,11,14-19H2,(H,30,35). The van der Waals surface area contributed by atoms with E-state index in [1.54, 1.807) is 17.8 Å². The van der Waals surface area contributed by atoms with Gasteiger partial charge in [-0.25, -0.2) is 0 Å². The molecule has 1 N–H and O–H groups in total. The van der Waals surface area contributed by atoms with Crippen molar-refractivity contribution in [2.24, 2.45) is 0 Å². The number of nitrogens with one attached hydrogen (secondary N) is 1. The number of carbonyl (C=O) groups excluding carboxylic acids is 1. The number of likely N-dealkylation sites (tertiary alicyclic amines) is 1. The highest BCUT2D eigenvalue weighted by Gasteiger charge is 2.16. The molecule has 0 aliphatic carbocycles. The van der Waals surface area contributed by atoms with Crippen LogP contribution in [0.4, 0.5) is 0 Å². The molecule has 0 bridgehead atoms. The van der Waals surface area contributed by atoms with Crippen molar-refractivity contribution in [1.82, 2.24) is 25.0 Å². The second-order valence-corrected chi connectivity index (χ2v) is 10.9. The Balaban J connectivity index is 1.29. The lowest BCUT2D eigenvalue weighted by molar-refractivity contribution is -0.121. The van der Waals surface area contributed by atoms with Gasteiger partial charge in [0.05, 0.1) is 15.7 Å². The number of hydrogen-bond acceptors (Lipinski definition) is 5. The first-order chi connectivity index (χ1) is 17.6. The molecule has 1 aliphatic heterocycles. The number of hydrogen-bond donors (Lipinski definition) is 1. The van der Waals surface area contributed by atoms with E-state index in [9.17, 15) is 4.79 Å². The van der Waals surface area contributed by atoms with Crippen molar-refractivity contribution in [1.29, 1.82) is 0 Å². The minimum Gasteiger partial charge on any atom is -0.355 e. The Morgan fingerprint density at radius 2 is 1.78 bits per heavy atom. The van der Waals surface area contributed by atoms with Crippen LogP contribution in [0.3, 0.4) is 0 Å². The van der Waals surface area contributed by atoms with Crippen LogP contribution >= 0.6 is 35.0 Å². The Morgan fingerprint density at radius 3 is 2.56 bits per heavy atom. The van der Waals surface area contributed by atoms with Crippen LogP contribution in [0, 0.1) is 0 Å². The fraction of sp³-hybridized carbons (Fsp3) is 0.444. The third-order valence-electron chi connectivity index (χ3n) is 6.30. The zero-order valence-electron chi connectivity index (χ0n) is 20.5. The Bertz CT molecular complexity index is 1120. The van der Waals surface area contributed by atoms with Crippen molar-refractivity contribution in [2.75, 3.05) is 31.9 Å². The number of rotatable bonds is 12. The lowest BCUT2D eigenvalue weighted by Crippen LogP contribution is -2.37. The van der Waals surface area contributed by atoms with Gasteiger partial charge < -0.3 is 10.2 Å². The van der Waals surface area contributed by atoms with Gasteiger partial charge in [0.15, 0.2) is 5.16 Å². The van der Waals surface area contributed by atoms with Crippen LogP contribution in [0.2, 0.25) is 10.0 Å². The fourth-order valence-electron chi connectivity index (χ4n) is 4.35. The molecule has 2 heterocycles. The second kappa shape index (κ2) is 14.0. The maximum atomic E-state index is 12.2. The summed E-state index contributed by atoms with van der Waals surface area (Å²) in [6, 6.07) is 15.8. The van der Waals surface area contributed by atoms with Crippen LogP contribution in [0.25, 0.3) is 5.69 Å². The van der Waals surface area contributed by atoms with Crippen LogP contribution in [0.15, 0.2) is 53.7 Å². The van der Waals surface area contributed by atoms with Crippen LogP contribution in [0.5, 0.6) is 0 Å². The van der Waals surface area contributed by atoms with E-state index in [4.69, 9.17) is 23.2 Å². The topological polar surface area (TPSA) is 63.1 Å². The van der Waals surface area contributed by atoms with Crippen LogP contribution in [-0.4, -0.2) is 57.5 Å². The van der Waals surface area contributed by atoms with Gasteiger partial charge in [0.2, 0.25) is 5.91 Å². The van der Waals surface area contributed by atoms with Crippen molar-refractivity contribution >= 4 is 40.9 Å². The van der Waals surface area contributed by atoms with Crippen molar-refractivity contribution in [3.05, 3.63) is 70.0 Å². The molecule has 1 aliphatic rings. The molecule has 1 amide bonds. The number of thioether (sulfide) groups is 1. The van der Waals surface area contributed by atoms with Crippen molar-refractivity contribution in [2.45, 2.75) is 50.1 Å². The normalized spacial score (nSPS) is 14.2. The number of piperidine rings is 1. The maximum absolute atomic E-state index is 12.2. The molecule has 1 aromatic heterocycles. The summed E-state index contributed by atoms with van der Waals surface area (Å²) in [5, 5.41) is 13.9. The van der Waals surface area contributed by atoms with Gasteiger partial charge in [-0.1, -0.05) is 71.7 Å². The number of nitrogens with zero attached hydrogens (tertiary/aromatic N) is 4. The van der Waals surface area contributed by atoms with Crippen molar-refractivity contribution in [3.8, 4) is 5.69 Å². The molecule has 0 unspecified atom stereocenters. The van der Waals surface area contributed by atoms with Crippen molar-refractivity contribution in [3.63, 3.8) is 0 Å². The number of aromatic nitrogens is 3. The van der Waals surface area contributed by atoms with E-state index in [0.717, 1.165) is 67.0 Å². The first-order valence-electron chi connectivity index (χ1n) is 12.7. The largest absolute Gasteiger partial charge is 0.355 e. The van der Waals surface area contributed by atoms with Crippen molar-refractivity contribution < 1.29 is 4.79 Å². The number of carbonyl (C=O) groups is 1. The molecule has 6 nitrogen and oxygen atoms in total. The molecule has 0 radical (unpaired) electrons. The highest BCUT2D eigenvalue weighted by atomic mass is 35.5. The molecule has 192 valence electrons. The quantitative estimate of drug-likeness (QED) is 0.222. The van der Waals surface area contributed by atoms with Gasteiger partial charge in [0.1, 0.15) is 5.82 Å². The average Bonchev–Trinajstić information content (AvgIpc) is 3.29. The molecular weight excluding hydrogens is 513 g/mol. The third kappa shape index (κ3) is 7.97. The van der Waals surface area contributed by atoms with E-state index in [1.807, 2.05) is 34.9 Å². The predicted octanol–water partition coefficient (Wildman–Crippen LogP) is 6.03. The summed E-state index contributed by atoms with van der Waals surface area (Å²) in [6.45, 7) is 4.02. The molecule has 9 heteroatoms. The first kappa shape index (κ1) is 27.0. The lowest BCUT2D eigenvalue weighted by Gasteiger charge is -2.26. The molecule has 0 spiro atoms. The third-order valence-corrected chi connectivity index (χ3v) is 8.05. The lowest BCUT2D eigenvalue weighted by atomic mass is 10.1.